The second-order valence-electron chi connectivity index (χ2n) is 8.14. The Morgan fingerprint density at radius 2 is 1.63 bits per heavy atom. The molecule has 0 amide bonds. The van der Waals surface area contributed by atoms with E-state index >= 15 is 0 Å². The summed E-state index contributed by atoms with van der Waals surface area (Å²) in [7, 11) is 0. The van der Waals surface area contributed by atoms with Crippen molar-refractivity contribution in [2.45, 2.75) is 16.2 Å². The minimum Gasteiger partial charge on any atom is -0.258 e. The fraction of sp³-hybridized carbons (Fsp3) is 0.0357. The molecule has 0 aliphatic rings. The zero-order valence-electron chi connectivity index (χ0n) is 19.3. The van der Waals surface area contributed by atoms with Crippen molar-refractivity contribution in [3.05, 3.63) is 112 Å². The number of halogens is 3. The second-order valence-corrected chi connectivity index (χ2v) is 9.11. The number of pyridine rings is 2. The van der Waals surface area contributed by atoms with Gasteiger partial charge in [-0.1, -0.05) is 54.6 Å². The number of rotatable bonds is 5. The summed E-state index contributed by atoms with van der Waals surface area (Å²) in [4.78, 5) is 19.8. The molecule has 0 bridgehead atoms. The van der Waals surface area contributed by atoms with E-state index in [1.54, 1.807) is 6.07 Å². The fourth-order valence-electron chi connectivity index (χ4n) is 4.05. The van der Waals surface area contributed by atoms with E-state index in [2.05, 4.69) is 11.1 Å². The Hall–Kier alpha value is -4.75. The number of aromatic nitrogens is 2. The van der Waals surface area contributed by atoms with Gasteiger partial charge < -0.3 is 0 Å². The molecule has 10 heteroatoms. The third kappa shape index (κ3) is 4.79. The largest absolute Gasteiger partial charge is 0.416 e. The second kappa shape index (κ2) is 9.95. The van der Waals surface area contributed by atoms with Gasteiger partial charge in [0.1, 0.15) is 11.1 Å². The molecule has 0 saturated heterocycles. The topological polar surface area (TPSA) is 92.7 Å². The first-order chi connectivity index (χ1) is 18.3. The van der Waals surface area contributed by atoms with Crippen LogP contribution in [0.3, 0.4) is 0 Å². The van der Waals surface area contributed by atoms with E-state index in [9.17, 15) is 28.5 Å². The molecule has 38 heavy (non-hydrogen) atoms. The highest BCUT2D eigenvalue weighted by atomic mass is 32.2. The molecule has 5 aromatic rings. The maximum atomic E-state index is 13.2. The predicted octanol–water partition coefficient (Wildman–Crippen LogP) is 7.91. The summed E-state index contributed by atoms with van der Waals surface area (Å²) in [5.41, 5.74) is 0.904. The molecule has 0 radical (unpaired) electrons. The van der Waals surface area contributed by atoms with E-state index in [0.717, 1.165) is 40.2 Å². The molecule has 0 fully saturated rings. The van der Waals surface area contributed by atoms with Crippen LogP contribution in [0.5, 0.6) is 0 Å². The fourth-order valence-corrected chi connectivity index (χ4v) is 4.99. The molecule has 0 spiro atoms. The smallest absolute Gasteiger partial charge is 0.258 e. The predicted molar refractivity (Wildman–Crippen MR) is 137 cm³/mol. The number of alkyl halides is 3. The summed E-state index contributed by atoms with van der Waals surface area (Å²) in [5, 5.41) is 23.7. The third-order valence-electron chi connectivity index (χ3n) is 5.83. The van der Waals surface area contributed by atoms with Gasteiger partial charge in [0.2, 0.25) is 0 Å². The van der Waals surface area contributed by atoms with Crippen molar-refractivity contribution < 1.29 is 18.1 Å². The molecular weight excluding hydrogens is 513 g/mol. The Balaban J connectivity index is 1.76. The Kier molecular flexibility index (Phi) is 6.53. The van der Waals surface area contributed by atoms with Crippen molar-refractivity contribution in [1.82, 2.24) is 9.97 Å². The maximum Gasteiger partial charge on any atom is 0.416 e. The quantitative estimate of drug-likeness (QED) is 0.170. The Bertz CT molecular complexity index is 1730. The van der Waals surface area contributed by atoms with Crippen LogP contribution in [0.1, 0.15) is 11.1 Å². The van der Waals surface area contributed by atoms with E-state index in [4.69, 9.17) is 4.98 Å². The number of hydrogen-bond donors (Lipinski definition) is 0. The van der Waals surface area contributed by atoms with Crippen LogP contribution in [0.15, 0.2) is 101 Å². The number of nitriles is 1. The molecule has 0 saturated carbocycles. The summed E-state index contributed by atoms with van der Waals surface area (Å²) in [6, 6.07) is 24.2. The lowest BCUT2D eigenvalue weighted by Gasteiger charge is -2.14. The lowest BCUT2D eigenvalue weighted by molar-refractivity contribution is -0.388. The monoisotopic (exact) mass is 528 g/mol. The maximum absolute atomic E-state index is 13.2. The standard InChI is InChI=1S/C28H15F3N4O2S/c29-28(30,31)19-12-10-18(11-13-19)22-15-24(21-8-3-6-17-5-1-2-7-20(17)21)34-26(23(22)16-32)38-27-25(35(36)37)9-4-14-33-27/h1-15H. The first-order valence-electron chi connectivity index (χ1n) is 11.1. The molecular formula is C28H15F3N4O2S. The molecule has 3 aromatic carbocycles. The minimum atomic E-state index is -4.51. The minimum absolute atomic E-state index is 0.0370. The SMILES string of the molecule is N#Cc1c(-c2ccc(C(F)(F)F)cc2)cc(-c2cccc3ccccc23)nc1Sc1ncccc1[N+](=O)[O-]. The number of nitrogens with zero attached hydrogens (tertiary/aromatic N) is 4. The van der Waals surface area contributed by atoms with Crippen molar-refractivity contribution in [2.75, 3.05) is 0 Å². The normalized spacial score (nSPS) is 11.3. The van der Waals surface area contributed by atoms with Gasteiger partial charge >= 0.3 is 11.9 Å². The van der Waals surface area contributed by atoms with Crippen LogP contribution >= 0.6 is 11.8 Å². The number of benzene rings is 3. The van der Waals surface area contributed by atoms with Gasteiger partial charge in [-0.3, -0.25) is 10.1 Å². The average Bonchev–Trinajstić information content (AvgIpc) is 2.92. The van der Waals surface area contributed by atoms with Crippen LogP contribution in [-0.2, 0) is 6.18 Å². The van der Waals surface area contributed by atoms with E-state index in [1.807, 2.05) is 42.5 Å². The van der Waals surface area contributed by atoms with Crippen molar-refractivity contribution in [2.24, 2.45) is 0 Å². The van der Waals surface area contributed by atoms with Crippen molar-refractivity contribution in [3.63, 3.8) is 0 Å². The third-order valence-corrected chi connectivity index (χ3v) is 6.82. The number of fused-ring (bicyclic) bond motifs is 1. The first kappa shape index (κ1) is 24.9. The zero-order chi connectivity index (χ0) is 26.9. The van der Waals surface area contributed by atoms with Crippen LogP contribution < -0.4 is 0 Å². The molecule has 2 heterocycles. The Labute approximate surface area is 218 Å². The van der Waals surface area contributed by atoms with Gasteiger partial charge in [0.15, 0.2) is 5.03 Å². The Morgan fingerprint density at radius 3 is 2.34 bits per heavy atom. The van der Waals surface area contributed by atoms with Gasteiger partial charge in [-0.15, -0.1) is 0 Å². The highest BCUT2D eigenvalue weighted by Gasteiger charge is 2.30. The molecule has 186 valence electrons. The van der Waals surface area contributed by atoms with Crippen LogP contribution in [0.25, 0.3) is 33.2 Å². The van der Waals surface area contributed by atoms with Gasteiger partial charge in [0, 0.05) is 23.4 Å². The first-order valence-corrected chi connectivity index (χ1v) is 12.0. The summed E-state index contributed by atoms with van der Waals surface area (Å²) in [5.74, 6) is 0. The highest BCUT2D eigenvalue weighted by molar-refractivity contribution is 7.99. The molecule has 0 aliphatic heterocycles. The summed E-state index contributed by atoms with van der Waals surface area (Å²) < 4.78 is 39.5. The zero-order valence-corrected chi connectivity index (χ0v) is 20.1. The van der Waals surface area contributed by atoms with Crippen LogP contribution in [0.4, 0.5) is 18.9 Å². The molecule has 0 N–H and O–H groups in total. The lowest BCUT2D eigenvalue weighted by Crippen LogP contribution is -2.04. The van der Waals surface area contributed by atoms with E-state index in [1.165, 1.54) is 30.5 Å². The van der Waals surface area contributed by atoms with Gasteiger partial charge in [-0.05, 0) is 52.4 Å². The molecule has 2 aromatic heterocycles. The van der Waals surface area contributed by atoms with E-state index in [-0.39, 0.29) is 21.3 Å². The van der Waals surface area contributed by atoms with Crippen molar-refractivity contribution in [1.29, 1.82) is 5.26 Å². The van der Waals surface area contributed by atoms with E-state index < -0.39 is 16.7 Å². The molecule has 5 rings (SSSR count). The molecule has 0 atom stereocenters. The highest BCUT2D eigenvalue weighted by Crippen LogP contribution is 2.40. The Morgan fingerprint density at radius 1 is 0.895 bits per heavy atom. The van der Waals surface area contributed by atoms with Gasteiger partial charge in [-0.2, -0.15) is 18.4 Å². The number of hydrogen-bond acceptors (Lipinski definition) is 6. The van der Waals surface area contributed by atoms with Crippen LogP contribution in [0.2, 0.25) is 0 Å². The van der Waals surface area contributed by atoms with Gasteiger partial charge in [0.25, 0.3) is 0 Å². The van der Waals surface area contributed by atoms with Crippen LogP contribution in [0, 0.1) is 21.4 Å². The number of nitro groups is 1. The lowest BCUT2D eigenvalue weighted by atomic mass is 9.96. The van der Waals surface area contributed by atoms with Gasteiger partial charge in [-0.25, -0.2) is 9.97 Å². The summed E-state index contributed by atoms with van der Waals surface area (Å²) >= 11 is 0.858. The molecule has 0 unspecified atom stereocenters. The van der Waals surface area contributed by atoms with Crippen molar-refractivity contribution in [3.8, 4) is 28.5 Å². The van der Waals surface area contributed by atoms with Crippen LogP contribution in [-0.4, -0.2) is 14.9 Å². The summed E-state index contributed by atoms with van der Waals surface area (Å²) in [6.07, 6.45) is -3.12. The molecule has 6 nitrogen and oxygen atoms in total. The summed E-state index contributed by atoms with van der Waals surface area (Å²) in [6.45, 7) is 0. The van der Waals surface area contributed by atoms with Gasteiger partial charge in [0.05, 0.1) is 21.7 Å². The van der Waals surface area contributed by atoms with E-state index in [0.29, 0.717) is 16.8 Å². The molecule has 0 aliphatic carbocycles. The van der Waals surface area contributed by atoms with Crippen molar-refractivity contribution >= 4 is 28.2 Å². The average molecular weight is 529 g/mol.